The van der Waals surface area contributed by atoms with E-state index in [1.54, 1.807) is 25.1 Å². The van der Waals surface area contributed by atoms with Gasteiger partial charge in [0.1, 0.15) is 11.5 Å². The zero-order chi connectivity index (χ0) is 15.2. The van der Waals surface area contributed by atoms with E-state index in [1.807, 2.05) is 0 Å². The van der Waals surface area contributed by atoms with Crippen molar-refractivity contribution in [3.05, 3.63) is 59.2 Å². The molecule has 3 N–H and O–H groups in total. The van der Waals surface area contributed by atoms with Crippen LogP contribution < -0.4 is 11.1 Å². The van der Waals surface area contributed by atoms with Crippen molar-refractivity contribution < 1.29 is 9.18 Å². The molecule has 0 spiro atoms. The number of nitrogens with zero attached hydrogens (tertiary/aromatic N) is 1. The van der Waals surface area contributed by atoms with Crippen molar-refractivity contribution in [1.82, 2.24) is 4.98 Å². The summed E-state index contributed by atoms with van der Waals surface area (Å²) >= 11 is 0. The van der Waals surface area contributed by atoms with Crippen LogP contribution >= 0.6 is 0 Å². The van der Waals surface area contributed by atoms with E-state index in [0.29, 0.717) is 5.56 Å². The molecule has 1 amide bonds. The number of benzene rings is 1. The van der Waals surface area contributed by atoms with E-state index in [9.17, 15) is 9.18 Å². The number of aromatic nitrogens is 1. The Balaban J connectivity index is 2.20. The van der Waals surface area contributed by atoms with Gasteiger partial charge in [-0.1, -0.05) is 17.9 Å². The molecule has 0 saturated carbocycles. The number of amides is 1. The zero-order valence-corrected chi connectivity index (χ0v) is 11.5. The maximum Gasteiger partial charge on any atom is 0.274 e. The summed E-state index contributed by atoms with van der Waals surface area (Å²) in [6.07, 6.45) is 1.52. The first kappa shape index (κ1) is 14.7. The quantitative estimate of drug-likeness (QED) is 0.829. The second-order valence-electron chi connectivity index (χ2n) is 4.32. The standard InChI is InChI=1S/C16H14FN3O/c1-11-4-3-9-19-15(11)16(21)20-14-7-6-12(5-2-8-18)10-13(14)17/h3-4,6-7,9-10H,8,18H2,1H3,(H,20,21). The summed E-state index contributed by atoms with van der Waals surface area (Å²) in [5, 5.41) is 2.50. The van der Waals surface area contributed by atoms with Crippen LogP contribution in [0.2, 0.25) is 0 Å². The van der Waals surface area contributed by atoms with Crippen molar-refractivity contribution in [3.63, 3.8) is 0 Å². The Morgan fingerprint density at radius 2 is 2.24 bits per heavy atom. The van der Waals surface area contributed by atoms with Crippen molar-refractivity contribution in [2.45, 2.75) is 6.92 Å². The average molecular weight is 283 g/mol. The highest BCUT2D eigenvalue weighted by Crippen LogP contribution is 2.16. The molecule has 106 valence electrons. The minimum Gasteiger partial charge on any atom is -0.320 e. The zero-order valence-electron chi connectivity index (χ0n) is 11.5. The number of anilines is 1. The lowest BCUT2D eigenvalue weighted by Gasteiger charge is -2.07. The number of carbonyl (C=O) groups is 1. The summed E-state index contributed by atoms with van der Waals surface area (Å²) < 4.78 is 13.9. The molecule has 0 aliphatic rings. The molecule has 0 saturated heterocycles. The molecule has 0 aliphatic heterocycles. The van der Waals surface area contributed by atoms with Crippen molar-refractivity contribution >= 4 is 11.6 Å². The van der Waals surface area contributed by atoms with Crippen LogP contribution in [0.1, 0.15) is 21.6 Å². The lowest BCUT2D eigenvalue weighted by atomic mass is 10.1. The Bertz CT molecular complexity index is 732. The van der Waals surface area contributed by atoms with Crippen molar-refractivity contribution in [2.75, 3.05) is 11.9 Å². The van der Waals surface area contributed by atoms with E-state index in [-0.39, 0.29) is 17.9 Å². The fraction of sp³-hybridized carbons (Fsp3) is 0.125. The molecule has 1 aromatic carbocycles. The Labute approximate surface area is 122 Å². The van der Waals surface area contributed by atoms with Crippen LogP contribution in [0.15, 0.2) is 36.5 Å². The third kappa shape index (κ3) is 3.65. The maximum atomic E-state index is 13.9. The van der Waals surface area contributed by atoms with Gasteiger partial charge < -0.3 is 11.1 Å². The van der Waals surface area contributed by atoms with Crippen LogP contribution in [-0.2, 0) is 0 Å². The molecular formula is C16H14FN3O. The molecule has 0 fully saturated rings. The monoisotopic (exact) mass is 283 g/mol. The van der Waals surface area contributed by atoms with Gasteiger partial charge in [-0.15, -0.1) is 0 Å². The first-order chi connectivity index (χ1) is 10.1. The van der Waals surface area contributed by atoms with Gasteiger partial charge in [-0.25, -0.2) is 4.39 Å². The van der Waals surface area contributed by atoms with Crippen molar-refractivity contribution in [3.8, 4) is 11.8 Å². The van der Waals surface area contributed by atoms with Crippen LogP contribution in [0.5, 0.6) is 0 Å². The van der Waals surface area contributed by atoms with Crippen molar-refractivity contribution in [1.29, 1.82) is 0 Å². The summed E-state index contributed by atoms with van der Waals surface area (Å²) in [5.74, 6) is 4.36. The largest absolute Gasteiger partial charge is 0.320 e. The SMILES string of the molecule is Cc1cccnc1C(=O)Nc1ccc(C#CCN)cc1F. The molecule has 0 unspecified atom stereocenters. The van der Waals surface area contributed by atoms with Gasteiger partial charge in [-0.2, -0.15) is 0 Å². The maximum absolute atomic E-state index is 13.9. The molecule has 5 heteroatoms. The topological polar surface area (TPSA) is 68.0 Å². The molecule has 0 bridgehead atoms. The predicted molar refractivity (Wildman–Crippen MR) is 79.3 cm³/mol. The Hall–Kier alpha value is -2.71. The fourth-order valence-corrected chi connectivity index (χ4v) is 1.75. The molecular weight excluding hydrogens is 269 g/mol. The predicted octanol–water partition coefficient (Wildman–Crippen LogP) is 2.09. The number of nitrogens with one attached hydrogen (secondary N) is 1. The summed E-state index contributed by atoms with van der Waals surface area (Å²) in [5.41, 5.74) is 6.84. The molecule has 4 nitrogen and oxygen atoms in total. The smallest absolute Gasteiger partial charge is 0.274 e. The Kier molecular flexibility index (Phi) is 4.64. The number of pyridine rings is 1. The van der Waals surface area contributed by atoms with Gasteiger partial charge in [0.15, 0.2) is 0 Å². The van der Waals surface area contributed by atoms with E-state index in [1.165, 1.54) is 18.3 Å². The second kappa shape index (κ2) is 6.64. The molecule has 0 aliphatic carbocycles. The average Bonchev–Trinajstić information content (AvgIpc) is 2.48. The van der Waals surface area contributed by atoms with Crippen molar-refractivity contribution in [2.24, 2.45) is 5.73 Å². The number of hydrogen-bond acceptors (Lipinski definition) is 3. The molecule has 0 radical (unpaired) electrons. The van der Waals surface area contributed by atoms with Gasteiger partial charge in [0.2, 0.25) is 0 Å². The summed E-state index contributed by atoms with van der Waals surface area (Å²) in [4.78, 5) is 16.1. The second-order valence-corrected chi connectivity index (χ2v) is 4.32. The van der Waals surface area contributed by atoms with Crippen LogP contribution in [0, 0.1) is 24.6 Å². The lowest BCUT2D eigenvalue weighted by Crippen LogP contribution is -2.16. The fourth-order valence-electron chi connectivity index (χ4n) is 1.75. The number of nitrogens with two attached hydrogens (primary N) is 1. The molecule has 21 heavy (non-hydrogen) atoms. The third-order valence-corrected chi connectivity index (χ3v) is 2.78. The first-order valence-electron chi connectivity index (χ1n) is 6.33. The van der Waals surface area contributed by atoms with Gasteiger partial charge in [-0.3, -0.25) is 9.78 Å². The highest BCUT2D eigenvalue weighted by molar-refractivity contribution is 6.03. The molecule has 2 rings (SSSR count). The first-order valence-corrected chi connectivity index (χ1v) is 6.33. The number of rotatable bonds is 2. The summed E-state index contributed by atoms with van der Waals surface area (Å²) in [6.45, 7) is 1.98. The number of hydrogen-bond donors (Lipinski definition) is 2. The molecule has 1 aromatic heterocycles. The van der Waals surface area contributed by atoms with E-state index in [0.717, 1.165) is 5.56 Å². The van der Waals surface area contributed by atoms with Gasteiger partial charge in [-0.05, 0) is 36.8 Å². The molecule has 2 aromatic rings. The Morgan fingerprint density at radius 1 is 1.43 bits per heavy atom. The molecule has 0 atom stereocenters. The third-order valence-electron chi connectivity index (χ3n) is 2.78. The van der Waals surface area contributed by atoms with Crippen LogP contribution in [-0.4, -0.2) is 17.4 Å². The lowest BCUT2D eigenvalue weighted by molar-refractivity contribution is 0.102. The van der Waals surface area contributed by atoms with Crippen LogP contribution in [0.4, 0.5) is 10.1 Å². The Morgan fingerprint density at radius 3 is 2.90 bits per heavy atom. The highest BCUT2D eigenvalue weighted by atomic mass is 19.1. The normalized spacial score (nSPS) is 9.67. The van der Waals surface area contributed by atoms with E-state index < -0.39 is 11.7 Å². The highest BCUT2D eigenvalue weighted by Gasteiger charge is 2.12. The minimum absolute atomic E-state index is 0.0864. The summed E-state index contributed by atoms with van der Waals surface area (Å²) in [7, 11) is 0. The number of aryl methyl sites for hydroxylation is 1. The van der Waals surface area contributed by atoms with E-state index in [2.05, 4.69) is 22.1 Å². The van der Waals surface area contributed by atoms with Gasteiger partial charge in [0, 0.05) is 11.8 Å². The van der Waals surface area contributed by atoms with E-state index >= 15 is 0 Å². The number of halogens is 1. The van der Waals surface area contributed by atoms with Gasteiger partial charge >= 0.3 is 0 Å². The molecule has 1 heterocycles. The van der Waals surface area contributed by atoms with E-state index in [4.69, 9.17) is 5.73 Å². The summed E-state index contributed by atoms with van der Waals surface area (Å²) in [6, 6.07) is 7.84. The van der Waals surface area contributed by atoms with Crippen LogP contribution in [0.3, 0.4) is 0 Å². The minimum atomic E-state index is -0.555. The van der Waals surface area contributed by atoms with Crippen LogP contribution in [0.25, 0.3) is 0 Å². The van der Waals surface area contributed by atoms with Gasteiger partial charge in [0.25, 0.3) is 5.91 Å². The van der Waals surface area contributed by atoms with Gasteiger partial charge in [0.05, 0.1) is 12.2 Å². The number of carbonyl (C=O) groups excluding carboxylic acids is 1.